The van der Waals surface area contributed by atoms with Gasteiger partial charge in [0.1, 0.15) is 5.60 Å². The van der Waals surface area contributed by atoms with Crippen LogP contribution >= 0.6 is 0 Å². The summed E-state index contributed by atoms with van der Waals surface area (Å²) in [6, 6.07) is 0. The van der Waals surface area contributed by atoms with Crippen molar-refractivity contribution >= 4 is 23.5 Å². The molecule has 0 bridgehead atoms. The fraction of sp³-hybridized carbons (Fsp3) is 0.714. The molecule has 0 aromatic carbocycles. The van der Waals surface area contributed by atoms with Gasteiger partial charge in [-0.05, 0) is 71.1 Å². The predicted octanol–water partition coefficient (Wildman–Crippen LogP) is 3.77. The molecule has 0 saturated heterocycles. The van der Waals surface area contributed by atoms with E-state index in [1.165, 1.54) is 20.8 Å². The van der Waals surface area contributed by atoms with E-state index in [9.17, 15) is 34.5 Å². The maximum Gasteiger partial charge on any atom is 0.328 e. The Bertz CT molecular complexity index is 915. The molecule has 37 heavy (non-hydrogen) atoms. The third-order valence-electron chi connectivity index (χ3n) is 8.18. The van der Waals surface area contributed by atoms with Gasteiger partial charge in [0.2, 0.25) is 0 Å². The van der Waals surface area contributed by atoms with Crippen LogP contribution in [-0.4, -0.2) is 61.7 Å². The topological polar surface area (TPSA) is 158 Å². The number of esters is 1. The summed E-state index contributed by atoms with van der Waals surface area (Å²) in [6.07, 6.45) is 3.99. The average Bonchev–Trinajstić information content (AvgIpc) is 2.74. The van der Waals surface area contributed by atoms with Crippen LogP contribution in [0.4, 0.5) is 0 Å². The van der Waals surface area contributed by atoms with E-state index in [0.29, 0.717) is 37.5 Å². The fourth-order valence-electron chi connectivity index (χ4n) is 6.34. The Kier molecular flexibility index (Phi) is 11.3. The molecule has 7 atom stereocenters. The minimum atomic E-state index is -1.97. The van der Waals surface area contributed by atoms with Crippen molar-refractivity contribution in [2.45, 2.75) is 91.8 Å². The number of carbonyl (C=O) groups is 4. The Balaban J connectivity index is 3.56. The summed E-state index contributed by atoms with van der Waals surface area (Å²) in [5.41, 5.74) is -3.93. The first-order valence-corrected chi connectivity index (χ1v) is 12.8. The number of Topliss-reactive ketones (excluding diaryl/α,β-unsaturated/α-hetero) is 1. The minimum absolute atomic E-state index is 0.154. The molecule has 9 nitrogen and oxygen atoms in total. The number of aliphatic hydroxyl groups excluding tert-OH is 1. The molecule has 1 aliphatic rings. The summed E-state index contributed by atoms with van der Waals surface area (Å²) in [4.78, 5) is 49.8. The van der Waals surface area contributed by atoms with Gasteiger partial charge in [0.25, 0.3) is 0 Å². The van der Waals surface area contributed by atoms with E-state index in [-0.39, 0.29) is 24.9 Å². The molecule has 4 N–H and O–H groups in total. The minimum Gasteiger partial charge on any atom is -0.515 e. The van der Waals surface area contributed by atoms with E-state index in [2.05, 4.69) is 0 Å². The molecule has 0 spiro atoms. The second-order valence-electron chi connectivity index (χ2n) is 11.3. The van der Waals surface area contributed by atoms with Crippen molar-refractivity contribution in [1.29, 1.82) is 0 Å². The number of aliphatic carboxylic acids is 1. The molecule has 1 rings (SSSR count). The lowest BCUT2D eigenvalue weighted by atomic mass is 9.50. The second kappa shape index (κ2) is 12.8. The molecule has 9 heteroatoms. The highest BCUT2D eigenvalue weighted by Crippen LogP contribution is 2.54. The molecular formula is C28H44O9. The van der Waals surface area contributed by atoms with Crippen molar-refractivity contribution in [2.24, 2.45) is 29.1 Å². The number of rotatable bonds is 13. The van der Waals surface area contributed by atoms with Crippen molar-refractivity contribution in [3.05, 3.63) is 24.0 Å². The van der Waals surface area contributed by atoms with Gasteiger partial charge in [-0.1, -0.05) is 26.3 Å². The maximum atomic E-state index is 13.7. The average molecular weight is 525 g/mol. The van der Waals surface area contributed by atoms with Gasteiger partial charge in [-0.2, -0.15) is 0 Å². The number of hydrogen-bond acceptors (Lipinski definition) is 8. The van der Waals surface area contributed by atoms with Crippen molar-refractivity contribution in [1.82, 2.24) is 0 Å². The Morgan fingerprint density at radius 2 is 1.78 bits per heavy atom. The lowest BCUT2D eigenvalue weighted by molar-refractivity contribution is -0.173. The van der Waals surface area contributed by atoms with Gasteiger partial charge >= 0.3 is 11.9 Å². The lowest BCUT2D eigenvalue weighted by Gasteiger charge is -2.54. The first kappa shape index (κ1) is 32.5. The number of allylic oxidation sites excluding steroid dienone is 1. The van der Waals surface area contributed by atoms with Crippen molar-refractivity contribution in [3.8, 4) is 0 Å². The van der Waals surface area contributed by atoms with E-state index in [1.807, 2.05) is 6.92 Å². The molecule has 1 aliphatic carbocycles. The van der Waals surface area contributed by atoms with Crippen LogP contribution in [0, 0.1) is 29.1 Å². The zero-order chi connectivity index (χ0) is 28.8. The molecule has 0 aromatic heterocycles. The zero-order valence-corrected chi connectivity index (χ0v) is 23.1. The maximum absolute atomic E-state index is 13.7. The molecule has 0 radical (unpaired) electrons. The zero-order valence-electron chi connectivity index (χ0n) is 23.1. The number of hydrogen-bond donors (Lipinski definition) is 4. The predicted molar refractivity (Wildman–Crippen MR) is 138 cm³/mol. The number of carboxylic acids is 1. The lowest BCUT2D eigenvalue weighted by Crippen LogP contribution is -2.60. The summed E-state index contributed by atoms with van der Waals surface area (Å²) in [6.45, 7) is 11.0. The van der Waals surface area contributed by atoms with Gasteiger partial charge in [-0.15, -0.1) is 0 Å². The quantitative estimate of drug-likeness (QED) is 0.160. The van der Waals surface area contributed by atoms with Crippen LogP contribution < -0.4 is 0 Å². The van der Waals surface area contributed by atoms with E-state index in [1.54, 1.807) is 20.8 Å². The van der Waals surface area contributed by atoms with Crippen LogP contribution in [0.15, 0.2) is 24.0 Å². The standard InChI is InChI=1S/C28H44O9/c1-8-20(16-37-24(34)14-17(2)13-23(32)33)25(28(7,36)19(4)30)27(6,22(31)10-12-29)21-9-11-26(5,35)15-18(21)3/h10,12-13,18,20-21,25,29,35-36H,8-9,11,14-16H2,1-7H3,(H,32,33)/b12-10-,17-13+/t18-,20+,21-,25-,26+,27+,28-/m1/s1. The van der Waals surface area contributed by atoms with Crippen LogP contribution in [-0.2, 0) is 23.9 Å². The van der Waals surface area contributed by atoms with Gasteiger partial charge in [-0.3, -0.25) is 14.4 Å². The molecule has 210 valence electrons. The first-order valence-electron chi connectivity index (χ1n) is 12.8. The normalized spacial score (nSPS) is 27.5. The molecule has 1 saturated carbocycles. The van der Waals surface area contributed by atoms with Gasteiger partial charge in [0.15, 0.2) is 11.6 Å². The highest BCUT2D eigenvalue weighted by Gasteiger charge is 2.59. The number of ether oxygens (including phenoxy) is 1. The Morgan fingerprint density at radius 3 is 2.24 bits per heavy atom. The van der Waals surface area contributed by atoms with Crippen molar-refractivity contribution in [3.63, 3.8) is 0 Å². The summed E-state index contributed by atoms with van der Waals surface area (Å²) in [5, 5.41) is 40.6. The third kappa shape index (κ3) is 7.98. The van der Waals surface area contributed by atoms with Crippen molar-refractivity contribution < 1.29 is 44.3 Å². The molecular weight excluding hydrogens is 480 g/mol. The molecule has 0 aromatic rings. The van der Waals surface area contributed by atoms with Crippen LogP contribution in [0.1, 0.15) is 80.6 Å². The third-order valence-corrected chi connectivity index (χ3v) is 8.18. The van der Waals surface area contributed by atoms with Gasteiger partial charge in [0.05, 0.1) is 24.9 Å². The SMILES string of the molecule is CC[C@@H](COC(=O)C/C(C)=C/C(=O)O)[C@H]([C@](C)(C(=O)/C=C\O)[C@@H]1CC[C@](C)(O)C[C@H]1C)[C@](C)(O)C(C)=O. The van der Waals surface area contributed by atoms with E-state index < -0.39 is 52.0 Å². The smallest absolute Gasteiger partial charge is 0.328 e. The van der Waals surface area contributed by atoms with E-state index in [4.69, 9.17) is 9.84 Å². The van der Waals surface area contributed by atoms with Crippen LogP contribution in [0.5, 0.6) is 0 Å². The van der Waals surface area contributed by atoms with E-state index in [0.717, 1.165) is 12.2 Å². The molecule has 0 unspecified atom stereocenters. The summed E-state index contributed by atoms with van der Waals surface area (Å²) < 4.78 is 5.47. The highest BCUT2D eigenvalue weighted by molar-refractivity contribution is 5.96. The number of aliphatic hydroxyl groups is 3. The number of ketones is 2. The number of carboxylic acid groups (broad SMARTS) is 1. The van der Waals surface area contributed by atoms with Crippen LogP contribution in [0.3, 0.4) is 0 Å². The summed E-state index contributed by atoms with van der Waals surface area (Å²) in [5.74, 6) is -4.99. The molecule has 0 aliphatic heterocycles. The fourth-order valence-corrected chi connectivity index (χ4v) is 6.34. The Labute approximate surface area is 219 Å². The van der Waals surface area contributed by atoms with Crippen molar-refractivity contribution in [2.75, 3.05) is 6.61 Å². The van der Waals surface area contributed by atoms with Crippen LogP contribution in [0.25, 0.3) is 0 Å². The van der Waals surface area contributed by atoms with Gasteiger partial charge in [-0.25, -0.2) is 4.79 Å². The Hall–Kier alpha value is -2.52. The summed E-state index contributed by atoms with van der Waals surface area (Å²) in [7, 11) is 0. The monoisotopic (exact) mass is 524 g/mol. The molecule has 0 heterocycles. The first-order chi connectivity index (χ1) is 16.9. The highest BCUT2D eigenvalue weighted by atomic mass is 16.5. The van der Waals surface area contributed by atoms with E-state index >= 15 is 0 Å². The van der Waals surface area contributed by atoms with Crippen LogP contribution in [0.2, 0.25) is 0 Å². The molecule has 0 amide bonds. The Morgan fingerprint density at radius 1 is 1.19 bits per heavy atom. The second-order valence-corrected chi connectivity index (χ2v) is 11.3. The number of carbonyl (C=O) groups excluding carboxylic acids is 3. The summed E-state index contributed by atoms with van der Waals surface area (Å²) >= 11 is 0. The molecule has 1 fully saturated rings. The largest absolute Gasteiger partial charge is 0.515 e. The van der Waals surface area contributed by atoms with Gasteiger partial charge in [0, 0.05) is 23.5 Å². The van der Waals surface area contributed by atoms with Gasteiger partial charge < -0.3 is 25.2 Å².